The van der Waals surface area contributed by atoms with Crippen molar-refractivity contribution in [3.63, 3.8) is 0 Å². The average molecular weight is 971 g/mol. The standard InChI is InChI=1S/C66H54P4/c1-10-28-53(29-11-1)46-47-54-48-55(49-67(56-30-12-2-13-31-56)57-32-14-3-15-33-57)65(51-69(60-38-20-6-21-39-60)61-40-22-7-23-41-61)66(52-70(62-42-24-8-25-43-62)63-44-26-9-27-45-63)64(54)50-68(58-34-16-4-17-35-58)59-36-18-5-19-37-59/h1-45,48H,49-52H2. The molecule has 10 aromatic carbocycles. The fraction of sp³-hybridized carbons (Fsp3) is 0.0606. The highest BCUT2D eigenvalue weighted by Crippen LogP contribution is 2.50. The fourth-order valence-electron chi connectivity index (χ4n) is 9.20. The highest BCUT2D eigenvalue weighted by Gasteiger charge is 2.29. The summed E-state index contributed by atoms with van der Waals surface area (Å²) in [5.74, 6) is 7.67. The van der Waals surface area contributed by atoms with E-state index in [2.05, 4.69) is 291 Å². The van der Waals surface area contributed by atoms with Gasteiger partial charge in [0.05, 0.1) is 0 Å². The number of hydrogen-bond acceptors (Lipinski definition) is 0. The van der Waals surface area contributed by atoms with Gasteiger partial charge in [0.2, 0.25) is 0 Å². The highest BCUT2D eigenvalue weighted by molar-refractivity contribution is 7.73. The molecule has 338 valence electrons. The summed E-state index contributed by atoms with van der Waals surface area (Å²) >= 11 is 0. The third kappa shape index (κ3) is 11.7. The van der Waals surface area contributed by atoms with E-state index in [1.54, 1.807) is 0 Å². The normalized spacial score (nSPS) is 11.2. The molecule has 4 heteroatoms. The Kier molecular flexibility index (Phi) is 16.1. The van der Waals surface area contributed by atoms with Crippen LogP contribution in [0.4, 0.5) is 0 Å². The zero-order valence-corrected chi connectivity index (χ0v) is 42.8. The summed E-state index contributed by atoms with van der Waals surface area (Å²) < 4.78 is 0. The first-order chi connectivity index (χ1) is 34.7. The molecule has 0 bridgehead atoms. The minimum Gasteiger partial charge on any atom is -0.0622 e. The van der Waals surface area contributed by atoms with Crippen LogP contribution in [-0.4, -0.2) is 0 Å². The molecule has 10 rings (SSSR count). The van der Waals surface area contributed by atoms with Gasteiger partial charge >= 0.3 is 0 Å². The Morgan fingerprint density at radius 2 is 0.471 bits per heavy atom. The van der Waals surface area contributed by atoms with Crippen molar-refractivity contribution in [1.82, 2.24) is 0 Å². The number of rotatable bonds is 16. The average Bonchev–Trinajstić information content (AvgIpc) is 3.44. The zero-order valence-electron chi connectivity index (χ0n) is 39.2. The van der Waals surface area contributed by atoms with Crippen molar-refractivity contribution in [2.45, 2.75) is 24.6 Å². The van der Waals surface area contributed by atoms with Gasteiger partial charge in [-0.2, -0.15) is 0 Å². The van der Waals surface area contributed by atoms with Crippen LogP contribution in [0, 0.1) is 11.8 Å². The van der Waals surface area contributed by atoms with Crippen molar-refractivity contribution in [3.05, 3.63) is 312 Å². The lowest BCUT2D eigenvalue weighted by Gasteiger charge is -2.31. The lowest BCUT2D eigenvalue weighted by molar-refractivity contribution is 1.14. The maximum Gasteiger partial charge on any atom is 0.0290 e. The first-order valence-electron chi connectivity index (χ1n) is 24.0. The Morgan fingerprint density at radius 1 is 0.229 bits per heavy atom. The summed E-state index contributed by atoms with van der Waals surface area (Å²) in [7, 11) is -3.28. The number of benzene rings is 10. The van der Waals surface area contributed by atoms with E-state index in [1.165, 1.54) is 64.7 Å². The van der Waals surface area contributed by atoms with E-state index in [0.29, 0.717) is 0 Å². The van der Waals surface area contributed by atoms with E-state index in [0.717, 1.165) is 35.8 Å². The van der Waals surface area contributed by atoms with Crippen LogP contribution in [0.25, 0.3) is 0 Å². The Labute approximate surface area is 420 Å². The van der Waals surface area contributed by atoms with Crippen LogP contribution in [0.5, 0.6) is 0 Å². The minimum atomic E-state index is -0.841. The largest absolute Gasteiger partial charge is 0.0622 e. The third-order valence-electron chi connectivity index (χ3n) is 12.7. The van der Waals surface area contributed by atoms with Crippen LogP contribution in [0.2, 0.25) is 0 Å². The van der Waals surface area contributed by atoms with Crippen molar-refractivity contribution < 1.29 is 0 Å². The van der Waals surface area contributed by atoms with Crippen LogP contribution >= 0.6 is 31.7 Å². The smallest absolute Gasteiger partial charge is 0.0290 e. The molecule has 0 saturated heterocycles. The molecule has 0 aliphatic rings. The molecule has 0 heterocycles. The molecule has 0 unspecified atom stereocenters. The molecule has 10 aromatic rings. The van der Waals surface area contributed by atoms with Gasteiger partial charge in [0.25, 0.3) is 0 Å². The molecule has 70 heavy (non-hydrogen) atoms. The summed E-state index contributed by atoms with van der Waals surface area (Å²) in [6.07, 6.45) is 3.59. The summed E-state index contributed by atoms with van der Waals surface area (Å²) in [5, 5.41) is 11.1. The van der Waals surface area contributed by atoms with Crippen LogP contribution in [0.1, 0.15) is 33.4 Å². The molecule has 0 aliphatic heterocycles. The van der Waals surface area contributed by atoms with E-state index in [4.69, 9.17) is 0 Å². The first kappa shape index (κ1) is 47.2. The van der Waals surface area contributed by atoms with Crippen LogP contribution in [0.15, 0.2) is 279 Å². The molecular weight excluding hydrogens is 917 g/mol. The maximum atomic E-state index is 3.95. The summed E-state index contributed by atoms with van der Waals surface area (Å²) in [6.45, 7) is 0. The van der Waals surface area contributed by atoms with E-state index >= 15 is 0 Å². The predicted octanol–water partition coefficient (Wildman–Crippen LogP) is 13.6. The van der Waals surface area contributed by atoms with Crippen molar-refractivity contribution in [2.75, 3.05) is 0 Å². The quantitative estimate of drug-likeness (QED) is 0.0669. The van der Waals surface area contributed by atoms with Gasteiger partial charge < -0.3 is 0 Å². The van der Waals surface area contributed by atoms with Gasteiger partial charge in [0, 0.05) is 35.8 Å². The predicted molar refractivity (Wildman–Crippen MR) is 310 cm³/mol. The second kappa shape index (κ2) is 23.9. The summed E-state index contributed by atoms with van der Waals surface area (Å²) in [5.41, 5.74) is 7.94. The van der Waals surface area contributed by atoms with Gasteiger partial charge in [-0.15, -0.1) is 0 Å². The molecule has 0 spiro atoms. The Balaban J connectivity index is 1.30. The van der Waals surface area contributed by atoms with E-state index in [9.17, 15) is 0 Å². The zero-order chi connectivity index (χ0) is 47.2. The monoisotopic (exact) mass is 970 g/mol. The van der Waals surface area contributed by atoms with E-state index in [-0.39, 0.29) is 0 Å². The lowest BCUT2D eigenvalue weighted by Crippen LogP contribution is -2.20. The number of hydrogen-bond donors (Lipinski definition) is 0. The summed E-state index contributed by atoms with van der Waals surface area (Å²) in [4.78, 5) is 0. The molecular formula is C66H54P4. The van der Waals surface area contributed by atoms with Crippen molar-refractivity contribution in [3.8, 4) is 11.8 Å². The molecule has 0 radical (unpaired) electrons. The lowest BCUT2D eigenvalue weighted by atomic mass is 9.94. The van der Waals surface area contributed by atoms with Gasteiger partial charge in [-0.3, -0.25) is 0 Å². The fourth-order valence-corrected chi connectivity index (χ4v) is 18.8. The molecule has 0 N–H and O–H groups in total. The van der Waals surface area contributed by atoms with Crippen molar-refractivity contribution in [1.29, 1.82) is 0 Å². The Hall–Kier alpha value is -6.52. The van der Waals surface area contributed by atoms with Crippen LogP contribution < -0.4 is 42.4 Å². The Bertz CT molecular complexity index is 3080. The molecule has 0 aromatic heterocycles. The van der Waals surface area contributed by atoms with Gasteiger partial charge in [-0.1, -0.05) is 273 Å². The molecule has 0 fully saturated rings. The molecule has 0 aliphatic carbocycles. The molecule has 0 atom stereocenters. The van der Waals surface area contributed by atoms with Crippen LogP contribution in [0.3, 0.4) is 0 Å². The third-order valence-corrected chi connectivity index (χ3v) is 22.6. The summed E-state index contributed by atoms with van der Waals surface area (Å²) in [6, 6.07) is 104. The second-order valence-corrected chi connectivity index (χ2v) is 26.0. The maximum absolute atomic E-state index is 3.95. The van der Waals surface area contributed by atoms with Gasteiger partial charge in [-0.05, 0) is 115 Å². The van der Waals surface area contributed by atoms with E-state index in [1.807, 2.05) is 0 Å². The molecule has 0 saturated carbocycles. The van der Waals surface area contributed by atoms with E-state index < -0.39 is 31.7 Å². The van der Waals surface area contributed by atoms with Gasteiger partial charge in [0.1, 0.15) is 0 Å². The molecule has 0 amide bonds. The Morgan fingerprint density at radius 3 is 0.771 bits per heavy atom. The van der Waals surface area contributed by atoms with Crippen LogP contribution in [-0.2, 0) is 24.6 Å². The van der Waals surface area contributed by atoms with Crippen molar-refractivity contribution in [2.24, 2.45) is 0 Å². The minimum absolute atomic E-state index is 0.793. The van der Waals surface area contributed by atoms with Gasteiger partial charge in [-0.25, -0.2) is 0 Å². The molecule has 0 nitrogen and oxygen atoms in total. The highest BCUT2D eigenvalue weighted by atomic mass is 31.1. The van der Waals surface area contributed by atoms with Crippen molar-refractivity contribution >= 4 is 74.1 Å². The topological polar surface area (TPSA) is 0 Å². The second-order valence-electron chi connectivity index (χ2n) is 17.2. The van der Waals surface area contributed by atoms with Gasteiger partial charge in [0.15, 0.2) is 0 Å². The SMILES string of the molecule is C(#Cc1cc(CP(c2ccccc2)c2ccccc2)c(CP(c2ccccc2)c2ccccc2)c(CP(c2ccccc2)c2ccccc2)c1CP(c1ccccc1)c1ccccc1)c1ccccc1. The first-order valence-corrected chi connectivity index (χ1v) is 30.1.